The predicted octanol–water partition coefficient (Wildman–Crippen LogP) is 0.521. The molecule has 9 nitrogen and oxygen atoms in total. The number of carbonyl (C=O) groups is 1. The summed E-state index contributed by atoms with van der Waals surface area (Å²) in [7, 11) is -3.95. The Morgan fingerprint density at radius 3 is 2.62 bits per heavy atom. The van der Waals surface area contributed by atoms with Crippen LogP contribution in [0.5, 0.6) is 0 Å². The minimum Gasteiger partial charge on any atom is -0.481 e. The lowest BCUT2D eigenvalue weighted by molar-refractivity contribution is -0.389. The Labute approximate surface area is 120 Å². The number of rotatable bonds is 7. The van der Waals surface area contributed by atoms with Crippen molar-refractivity contribution >= 4 is 21.8 Å². The van der Waals surface area contributed by atoms with E-state index < -0.39 is 32.8 Å². The normalized spacial score (nSPS) is 16.4. The predicted molar refractivity (Wildman–Crippen MR) is 70.0 cm³/mol. The van der Waals surface area contributed by atoms with E-state index in [-0.39, 0.29) is 17.2 Å². The Morgan fingerprint density at radius 1 is 1.52 bits per heavy atom. The fourth-order valence-corrected chi connectivity index (χ4v) is 3.15. The molecule has 1 aliphatic carbocycles. The lowest BCUT2D eigenvalue weighted by atomic mass is 10.1. The summed E-state index contributed by atoms with van der Waals surface area (Å²) in [6.45, 7) is 0. The van der Waals surface area contributed by atoms with Crippen molar-refractivity contribution in [3.8, 4) is 0 Å². The van der Waals surface area contributed by atoms with Crippen molar-refractivity contribution < 1.29 is 23.2 Å². The molecule has 1 heterocycles. The van der Waals surface area contributed by atoms with E-state index in [1.54, 1.807) is 0 Å². The molecule has 0 bridgehead atoms. The highest BCUT2D eigenvalue weighted by atomic mass is 32.2. The second kappa shape index (κ2) is 5.74. The van der Waals surface area contributed by atoms with Gasteiger partial charge in [0.1, 0.15) is 4.90 Å². The summed E-state index contributed by atoms with van der Waals surface area (Å²) >= 11 is 0. The number of pyridine rings is 1. The monoisotopic (exact) mass is 315 g/mol. The van der Waals surface area contributed by atoms with Crippen LogP contribution in [0.4, 0.5) is 5.82 Å². The van der Waals surface area contributed by atoms with E-state index in [9.17, 15) is 23.3 Å². The van der Waals surface area contributed by atoms with Gasteiger partial charge in [-0.2, -0.15) is 0 Å². The maximum atomic E-state index is 12.1. The minimum absolute atomic E-state index is 0.0156. The molecule has 1 fully saturated rings. The van der Waals surface area contributed by atoms with Gasteiger partial charge in [-0.3, -0.25) is 4.79 Å². The SMILES string of the molecule is O=C(O)CC(NS(=O)(=O)c1ccc([N+](=O)[O-])nc1)C1CC1. The third kappa shape index (κ3) is 3.95. The van der Waals surface area contributed by atoms with Crippen molar-refractivity contribution in [2.75, 3.05) is 0 Å². The summed E-state index contributed by atoms with van der Waals surface area (Å²) in [6, 6.07) is 1.37. The third-order valence-corrected chi connectivity index (χ3v) is 4.59. The zero-order valence-corrected chi connectivity index (χ0v) is 11.6. The summed E-state index contributed by atoms with van der Waals surface area (Å²) in [5.41, 5.74) is 0. The molecule has 1 aromatic heterocycles. The van der Waals surface area contributed by atoms with Gasteiger partial charge in [-0.25, -0.2) is 13.1 Å². The second-order valence-corrected chi connectivity index (χ2v) is 6.49. The minimum atomic E-state index is -3.95. The van der Waals surface area contributed by atoms with Crippen LogP contribution in [0.1, 0.15) is 19.3 Å². The molecule has 2 N–H and O–H groups in total. The molecule has 1 aliphatic rings. The number of carboxylic acid groups (broad SMARTS) is 1. The van der Waals surface area contributed by atoms with Crippen LogP contribution in [-0.2, 0) is 14.8 Å². The van der Waals surface area contributed by atoms with Crippen LogP contribution >= 0.6 is 0 Å². The zero-order valence-electron chi connectivity index (χ0n) is 10.8. The number of nitrogens with one attached hydrogen (secondary N) is 1. The van der Waals surface area contributed by atoms with Crippen LogP contribution in [0.25, 0.3) is 0 Å². The van der Waals surface area contributed by atoms with Gasteiger partial charge < -0.3 is 15.2 Å². The van der Waals surface area contributed by atoms with Crippen LogP contribution in [0.3, 0.4) is 0 Å². The Morgan fingerprint density at radius 2 is 2.19 bits per heavy atom. The molecule has 1 saturated carbocycles. The number of hydrogen-bond donors (Lipinski definition) is 2. The van der Waals surface area contributed by atoms with Crippen LogP contribution in [0.2, 0.25) is 0 Å². The lowest BCUT2D eigenvalue weighted by Gasteiger charge is -2.15. The summed E-state index contributed by atoms with van der Waals surface area (Å²) in [6.07, 6.45) is 2.13. The molecule has 1 unspecified atom stereocenters. The fraction of sp³-hybridized carbons (Fsp3) is 0.455. The topological polar surface area (TPSA) is 140 Å². The van der Waals surface area contributed by atoms with Gasteiger partial charge in [-0.05, 0) is 34.7 Å². The molecule has 0 spiro atoms. The number of nitro groups is 1. The van der Waals surface area contributed by atoms with Gasteiger partial charge in [0.05, 0.1) is 6.42 Å². The van der Waals surface area contributed by atoms with Gasteiger partial charge >= 0.3 is 11.8 Å². The summed E-state index contributed by atoms with van der Waals surface area (Å²) in [4.78, 5) is 23.7. The molecule has 1 atom stereocenters. The van der Waals surface area contributed by atoms with E-state index in [1.807, 2.05) is 0 Å². The highest BCUT2D eigenvalue weighted by molar-refractivity contribution is 7.89. The first-order valence-electron chi connectivity index (χ1n) is 6.14. The number of hydrogen-bond acceptors (Lipinski definition) is 6. The molecule has 10 heteroatoms. The largest absolute Gasteiger partial charge is 0.481 e. The summed E-state index contributed by atoms with van der Waals surface area (Å²) in [5.74, 6) is -1.53. The van der Waals surface area contributed by atoms with Gasteiger partial charge in [0.25, 0.3) is 0 Å². The molecule has 0 aromatic carbocycles. The van der Waals surface area contributed by atoms with Crippen molar-refractivity contribution in [1.82, 2.24) is 9.71 Å². The number of carboxylic acids is 1. The van der Waals surface area contributed by atoms with E-state index in [4.69, 9.17) is 5.11 Å². The molecular formula is C11H13N3O6S. The van der Waals surface area contributed by atoms with E-state index in [0.717, 1.165) is 31.2 Å². The summed E-state index contributed by atoms with van der Waals surface area (Å²) in [5, 5.41) is 19.3. The Kier molecular flexibility index (Phi) is 4.19. The third-order valence-electron chi connectivity index (χ3n) is 3.11. The van der Waals surface area contributed by atoms with Gasteiger partial charge in [0, 0.05) is 12.1 Å². The Bertz CT molecular complexity index is 653. The van der Waals surface area contributed by atoms with E-state index in [2.05, 4.69) is 9.71 Å². The molecule has 21 heavy (non-hydrogen) atoms. The fourth-order valence-electron chi connectivity index (χ4n) is 1.90. The molecular weight excluding hydrogens is 302 g/mol. The highest BCUT2D eigenvalue weighted by Crippen LogP contribution is 2.34. The lowest BCUT2D eigenvalue weighted by Crippen LogP contribution is -2.38. The average molecular weight is 315 g/mol. The maximum absolute atomic E-state index is 12.1. The van der Waals surface area contributed by atoms with Crippen LogP contribution in [-0.4, -0.2) is 35.4 Å². The first-order valence-corrected chi connectivity index (χ1v) is 7.62. The molecule has 0 saturated heterocycles. The number of nitrogens with zero attached hydrogens (tertiary/aromatic N) is 2. The van der Waals surface area contributed by atoms with Gasteiger partial charge in [0.15, 0.2) is 6.20 Å². The molecule has 0 radical (unpaired) electrons. The van der Waals surface area contributed by atoms with E-state index in [1.165, 1.54) is 0 Å². The van der Waals surface area contributed by atoms with Crippen molar-refractivity contribution in [3.05, 3.63) is 28.4 Å². The van der Waals surface area contributed by atoms with Gasteiger partial charge in [-0.1, -0.05) is 0 Å². The zero-order chi connectivity index (χ0) is 15.6. The highest BCUT2D eigenvalue weighted by Gasteiger charge is 2.36. The summed E-state index contributed by atoms with van der Waals surface area (Å²) < 4.78 is 26.6. The van der Waals surface area contributed by atoms with Crippen molar-refractivity contribution in [1.29, 1.82) is 0 Å². The average Bonchev–Trinajstić information content (AvgIpc) is 3.21. The van der Waals surface area contributed by atoms with Crippen molar-refractivity contribution in [2.45, 2.75) is 30.2 Å². The van der Waals surface area contributed by atoms with Crippen LogP contribution < -0.4 is 4.72 Å². The van der Waals surface area contributed by atoms with E-state index in [0.29, 0.717) is 0 Å². The molecule has 0 amide bonds. The first kappa shape index (κ1) is 15.3. The standard InChI is InChI=1S/C11H13N3O6S/c15-11(16)5-9(7-1-2-7)13-21(19,20)8-3-4-10(12-6-8)14(17)18/h3-4,6-7,9,13H,1-2,5H2,(H,15,16). The number of aromatic nitrogens is 1. The van der Waals surface area contributed by atoms with Gasteiger partial charge in [-0.15, -0.1) is 0 Å². The Hall–Kier alpha value is -2.07. The first-order chi connectivity index (χ1) is 9.79. The van der Waals surface area contributed by atoms with Gasteiger partial charge in [0.2, 0.25) is 10.0 Å². The van der Waals surface area contributed by atoms with Crippen LogP contribution in [0, 0.1) is 16.0 Å². The van der Waals surface area contributed by atoms with Crippen molar-refractivity contribution in [3.63, 3.8) is 0 Å². The van der Waals surface area contributed by atoms with Crippen molar-refractivity contribution in [2.24, 2.45) is 5.92 Å². The van der Waals surface area contributed by atoms with Crippen LogP contribution in [0.15, 0.2) is 23.2 Å². The Balaban J connectivity index is 2.16. The molecule has 114 valence electrons. The molecule has 0 aliphatic heterocycles. The smallest absolute Gasteiger partial charge is 0.363 e. The number of aliphatic carboxylic acids is 1. The second-order valence-electron chi connectivity index (χ2n) is 4.77. The molecule has 1 aromatic rings. The molecule has 2 rings (SSSR count). The quantitative estimate of drug-likeness (QED) is 0.552. The maximum Gasteiger partial charge on any atom is 0.363 e. The van der Waals surface area contributed by atoms with E-state index >= 15 is 0 Å². The number of sulfonamides is 1.